The number of urea groups is 1. The average molecular weight is 282 g/mol. The third kappa shape index (κ3) is 8.99. The minimum atomic E-state index is -3.00. The van der Waals surface area contributed by atoms with E-state index in [0.29, 0.717) is 25.1 Å². The number of sulfone groups is 1. The molecule has 0 aromatic heterocycles. The lowest BCUT2D eigenvalue weighted by atomic mass is 10.5. The number of carbonyl (C=O) groups excluding carboxylic acids is 2. The molecule has 0 atom stereocenters. The molecular formula is C9H18N2O4S2. The summed E-state index contributed by atoms with van der Waals surface area (Å²) in [4.78, 5) is 23.1. The Balaban J connectivity index is 3.87. The van der Waals surface area contributed by atoms with Crippen molar-refractivity contribution in [1.82, 2.24) is 10.2 Å². The summed E-state index contributed by atoms with van der Waals surface area (Å²) < 4.78 is 21.7. The molecule has 0 rings (SSSR count). The Hall–Kier alpha value is -0.760. The number of nitrogens with zero attached hydrogens (tertiary/aromatic N) is 1. The molecule has 3 amide bonds. The van der Waals surface area contributed by atoms with Crippen LogP contribution in [-0.2, 0) is 14.6 Å². The second-order valence-corrected chi connectivity index (χ2v) is 6.75. The lowest BCUT2D eigenvalue weighted by Gasteiger charge is -2.15. The quantitative estimate of drug-likeness (QED) is 0.498. The predicted octanol–water partition coefficient (Wildman–Crippen LogP) is -0.0479. The first-order chi connectivity index (χ1) is 7.90. The van der Waals surface area contributed by atoms with Crippen molar-refractivity contribution < 1.29 is 18.0 Å². The van der Waals surface area contributed by atoms with Gasteiger partial charge in [-0.05, 0) is 12.7 Å². The molecule has 0 aromatic rings. The number of hydrogen-bond donors (Lipinski definition) is 1. The average Bonchev–Trinajstić information content (AvgIpc) is 2.24. The minimum absolute atomic E-state index is 0.0270. The van der Waals surface area contributed by atoms with E-state index < -0.39 is 15.9 Å². The molecule has 0 saturated heterocycles. The number of carbonyl (C=O) groups is 2. The first-order valence-electron chi connectivity index (χ1n) is 5.07. The van der Waals surface area contributed by atoms with Gasteiger partial charge < -0.3 is 5.32 Å². The number of thioether (sulfide) groups is 1. The van der Waals surface area contributed by atoms with Gasteiger partial charge in [0.2, 0.25) is 6.41 Å². The molecule has 0 radical (unpaired) electrons. The zero-order valence-electron chi connectivity index (χ0n) is 10.0. The van der Waals surface area contributed by atoms with Crippen LogP contribution in [0.3, 0.4) is 0 Å². The van der Waals surface area contributed by atoms with E-state index in [1.54, 1.807) is 0 Å². The summed E-state index contributed by atoms with van der Waals surface area (Å²) in [6.45, 7) is 0.595. The normalized spacial score (nSPS) is 10.9. The van der Waals surface area contributed by atoms with Crippen molar-refractivity contribution in [2.75, 3.05) is 37.1 Å². The van der Waals surface area contributed by atoms with Gasteiger partial charge in [0.1, 0.15) is 9.84 Å². The second kappa shape index (κ2) is 8.35. The molecule has 0 saturated carbocycles. The lowest BCUT2D eigenvalue weighted by molar-refractivity contribution is -0.115. The Morgan fingerprint density at radius 2 is 2.12 bits per heavy atom. The van der Waals surface area contributed by atoms with Gasteiger partial charge >= 0.3 is 6.03 Å². The smallest absolute Gasteiger partial charge is 0.323 e. The number of amides is 3. The van der Waals surface area contributed by atoms with Gasteiger partial charge in [-0.15, -0.1) is 0 Å². The molecule has 100 valence electrons. The molecule has 0 aliphatic carbocycles. The summed E-state index contributed by atoms with van der Waals surface area (Å²) in [6, 6.07) is -0.484. The van der Waals surface area contributed by atoms with Gasteiger partial charge in [0.05, 0.1) is 5.75 Å². The summed E-state index contributed by atoms with van der Waals surface area (Å²) in [5, 5.41) is 2.50. The molecule has 0 unspecified atom stereocenters. The van der Waals surface area contributed by atoms with Crippen LogP contribution in [0, 0.1) is 0 Å². The summed E-state index contributed by atoms with van der Waals surface area (Å²) in [7, 11) is -3.00. The number of nitrogens with one attached hydrogen (secondary N) is 1. The van der Waals surface area contributed by atoms with E-state index in [4.69, 9.17) is 0 Å². The molecule has 6 nitrogen and oxygen atoms in total. The summed E-state index contributed by atoms with van der Waals surface area (Å²) in [5.41, 5.74) is 0. The van der Waals surface area contributed by atoms with E-state index in [1.807, 2.05) is 6.26 Å². The Kier molecular flexibility index (Phi) is 7.98. The van der Waals surface area contributed by atoms with Crippen LogP contribution >= 0.6 is 11.8 Å². The van der Waals surface area contributed by atoms with Gasteiger partial charge in [-0.3, -0.25) is 9.69 Å². The van der Waals surface area contributed by atoms with Gasteiger partial charge in [0.15, 0.2) is 0 Å². The summed E-state index contributed by atoms with van der Waals surface area (Å²) in [6.07, 6.45) is 3.85. The summed E-state index contributed by atoms with van der Waals surface area (Å²) in [5.74, 6) is 0.703. The van der Waals surface area contributed by atoms with Crippen LogP contribution in [0.5, 0.6) is 0 Å². The van der Waals surface area contributed by atoms with Crippen molar-refractivity contribution >= 4 is 34.0 Å². The Morgan fingerprint density at radius 1 is 1.47 bits per heavy atom. The van der Waals surface area contributed by atoms with Gasteiger partial charge in [-0.25, -0.2) is 13.2 Å². The van der Waals surface area contributed by atoms with Gasteiger partial charge in [-0.1, -0.05) is 0 Å². The van der Waals surface area contributed by atoms with Crippen LogP contribution in [-0.4, -0.2) is 62.9 Å². The largest absolute Gasteiger partial charge is 0.338 e. The van der Waals surface area contributed by atoms with E-state index in [-0.39, 0.29) is 12.3 Å². The fourth-order valence-electron chi connectivity index (χ4n) is 1.02. The highest BCUT2D eigenvalue weighted by Crippen LogP contribution is 1.94. The van der Waals surface area contributed by atoms with Crippen LogP contribution in [0.1, 0.15) is 6.42 Å². The van der Waals surface area contributed by atoms with Crippen molar-refractivity contribution in [2.24, 2.45) is 0 Å². The van der Waals surface area contributed by atoms with Crippen molar-refractivity contribution in [2.45, 2.75) is 6.42 Å². The standard InChI is InChI=1S/C9H18N2O4S2/c1-16-6-5-11(8-12)9(13)10-4-3-7-17(2,14)15/h8H,3-7H2,1-2H3,(H,10,13). The zero-order chi connectivity index (χ0) is 13.3. The van der Waals surface area contributed by atoms with Crippen LogP contribution in [0.4, 0.5) is 4.79 Å². The summed E-state index contributed by atoms with van der Waals surface area (Å²) >= 11 is 1.53. The van der Waals surface area contributed by atoms with Gasteiger partial charge in [0.25, 0.3) is 0 Å². The molecule has 0 spiro atoms. The maximum atomic E-state index is 11.4. The lowest BCUT2D eigenvalue weighted by Crippen LogP contribution is -2.40. The van der Waals surface area contributed by atoms with E-state index in [1.165, 1.54) is 11.8 Å². The van der Waals surface area contributed by atoms with Crippen molar-refractivity contribution in [1.29, 1.82) is 0 Å². The van der Waals surface area contributed by atoms with E-state index in [9.17, 15) is 18.0 Å². The fourth-order valence-corrected chi connectivity index (χ4v) is 2.07. The van der Waals surface area contributed by atoms with Crippen LogP contribution < -0.4 is 5.32 Å². The Labute approximate surface area is 106 Å². The Morgan fingerprint density at radius 3 is 2.59 bits per heavy atom. The first-order valence-corrected chi connectivity index (χ1v) is 8.52. The van der Waals surface area contributed by atoms with Crippen molar-refractivity contribution in [3.63, 3.8) is 0 Å². The monoisotopic (exact) mass is 282 g/mol. The molecule has 0 aromatic carbocycles. The molecular weight excluding hydrogens is 264 g/mol. The van der Waals surface area contributed by atoms with Gasteiger partial charge in [0, 0.05) is 25.1 Å². The molecule has 17 heavy (non-hydrogen) atoms. The van der Waals surface area contributed by atoms with Gasteiger partial charge in [-0.2, -0.15) is 11.8 Å². The molecule has 8 heteroatoms. The van der Waals surface area contributed by atoms with Crippen molar-refractivity contribution in [3.8, 4) is 0 Å². The van der Waals surface area contributed by atoms with E-state index in [2.05, 4.69) is 5.32 Å². The molecule has 0 bridgehead atoms. The molecule has 0 aliphatic heterocycles. The fraction of sp³-hybridized carbons (Fsp3) is 0.778. The van der Waals surface area contributed by atoms with Crippen LogP contribution in [0.25, 0.3) is 0 Å². The topological polar surface area (TPSA) is 83.6 Å². The van der Waals surface area contributed by atoms with E-state index >= 15 is 0 Å². The number of rotatable bonds is 8. The van der Waals surface area contributed by atoms with Crippen molar-refractivity contribution in [3.05, 3.63) is 0 Å². The molecule has 0 aliphatic rings. The highest BCUT2D eigenvalue weighted by atomic mass is 32.2. The molecule has 0 heterocycles. The minimum Gasteiger partial charge on any atom is -0.338 e. The Bertz CT molecular complexity index is 343. The highest BCUT2D eigenvalue weighted by Gasteiger charge is 2.11. The third-order valence-corrected chi connectivity index (χ3v) is 3.51. The SMILES string of the molecule is CSCCN(C=O)C(=O)NCCCS(C)(=O)=O. The second-order valence-electron chi connectivity index (χ2n) is 3.51. The number of hydrogen-bond acceptors (Lipinski definition) is 5. The molecule has 0 fully saturated rings. The highest BCUT2D eigenvalue weighted by molar-refractivity contribution is 7.98. The van der Waals surface area contributed by atoms with E-state index in [0.717, 1.165) is 11.2 Å². The first kappa shape index (κ1) is 16.2. The zero-order valence-corrected chi connectivity index (χ0v) is 11.6. The maximum absolute atomic E-state index is 11.4. The third-order valence-electron chi connectivity index (χ3n) is 1.89. The predicted molar refractivity (Wildman–Crippen MR) is 68.9 cm³/mol. The van der Waals surface area contributed by atoms with Crippen LogP contribution in [0.15, 0.2) is 0 Å². The number of imide groups is 1. The van der Waals surface area contributed by atoms with Crippen LogP contribution in [0.2, 0.25) is 0 Å². The molecule has 1 N–H and O–H groups in total. The maximum Gasteiger partial charge on any atom is 0.323 e.